The van der Waals surface area contributed by atoms with E-state index >= 15 is 0 Å². The Bertz CT molecular complexity index is 1150. The Labute approximate surface area is 156 Å². The van der Waals surface area contributed by atoms with Gasteiger partial charge in [-0.05, 0) is 53.2 Å². The zero-order valence-corrected chi connectivity index (χ0v) is 15.0. The van der Waals surface area contributed by atoms with Crippen molar-refractivity contribution in [1.82, 2.24) is 10.3 Å². The molecule has 0 fully saturated rings. The summed E-state index contributed by atoms with van der Waals surface area (Å²) in [5, 5.41) is 5.39. The van der Waals surface area contributed by atoms with Crippen LogP contribution < -0.4 is 14.8 Å². The molecule has 0 atom stereocenters. The highest BCUT2D eigenvalue weighted by molar-refractivity contribution is 6.07. The lowest BCUT2D eigenvalue weighted by atomic mass is 10.0. The first-order valence-corrected chi connectivity index (χ1v) is 8.55. The quantitative estimate of drug-likeness (QED) is 0.581. The van der Waals surface area contributed by atoms with Gasteiger partial charge in [0.2, 0.25) is 0 Å². The van der Waals surface area contributed by atoms with Crippen LogP contribution in [0, 0.1) is 0 Å². The van der Waals surface area contributed by atoms with Gasteiger partial charge in [0.05, 0.1) is 12.6 Å². The lowest BCUT2D eigenvalue weighted by Gasteiger charge is -2.11. The number of amides is 1. The number of fused-ring (bicyclic) bond motifs is 2. The molecule has 0 bridgehead atoms. The third kappa shape index (κ3) is 3.15. The summed E-state index contributed by atoms with van der Waals surface area (Å²) in [7, 11) is 3.26. The van der Waals surface area contributed by atoms with Crippen LogP contribution in [0.1, 0.15) is 10.4 Å². The van der Waals surface area contributed by atoms with Crippen molar-refractivity contribution in [3.8, 4) is 17.2 Å². The van der Waals surface area contributed by atoms with E-state index in [1.54, 1.807) is 20.4 Å². The van der Waals surface area contributed by atoms with Crippen LogP contribution in [-0.2, 0) is 0 Å². The highest BCUT2D eigenvalue weighted by Crippen LogP contribution is 2.32. The number of rotatable bonds is 4. The second-order valence-electron chi connectivity index (χ2n) is 6.06. The largest absolute Gasteiger partial charge is 0.497 e. The van der Waals surface area contributed by atoms with Crippen LogP contribution in [0.4, 0.5) is 0 Å². The van der Waals surface area contributed by atoms with Gasteiger partial charge in [0.1, 0.15) is 17.2 Å². The van der Waals surface area contributed by atoms with Gasteiger partial charge in [-0.2, -0.15) is 0 Å². The predicted molar refractivity (Wildman–Crippen MR) is 106 cm³/mol. The molecule has 1 N–H and O–H groups in total. The highest BCUT2D eigenvalue weighted by Gasteiger charge is 2.10. The molecule has 134 valence electrons. The normalized spacial score (nSPS) is 10.7. The third-order valence-electron chi connectivity index (χ3n) is 4.46. The zero-order valence-electron chi connectivity index (χ0n) is 15.0. The van der Waals surface area contributed by atoms with E-state index in [9.17, 15) is 4.79 Å². The van der Waals surface area contributed by atoms with E-state index in [0.29, 0.717) is 17.1 Å². The number of carbonyl (C=O) groups excluding carboxylic acids is 1. The monoisotopic (exact) mass is 358 g/mol. The molecule has 0 saturated carbocycles. The van der Waals surface area contributed by atoms with Crippen LogP contribution in [-0.4, -0.2) is 25.0 Å². The number of benzene rings is 3. The van der Waals surface area contributed by atoms with Gasteiger partial charge in [0.15, 0.2) is 0 Å². The molecule has 1 amide bonds. The topological polar surface area (TPSA) is 60.5 Å². The number of nitrogens with one attached hydrogen (secondary N) is 1. The maximum absolute atomic E-state index is 12.0. The number of aromatic nitrogens is 1. The van der Waals surface area contributed by atoms with Gasteiger partial charge < -0.3 is 14.8 Å². The molecule has 0 aliphatic carbocycles. The maximum Gasteiger partial charge on any atom is 0.251 e. The van der Waals surface area contributed by atoms with Crippen molar-refractivity contribution in [2.45, 2.75) is 0 Å². The Hall–Kier alpha value is -3.60. The summed E-state index contributed by atoms with van der Waals surface area (Å²) < 4.78 is 11.4. The predicted octanol–water partition coefficient (Wildman–Crippen LogP) is 4.55. The smallest absolute Gasteiger partial charge is 0.251 e. The SMILES string of the molecule is CNC(=O)c1cccc2cc(Oc3ccnc4cc(OC)ccc34)ccc12. The van der Waals surface area contributed by atoms with Crippen LogP contribution in [0.3, 0.4) is 0 Å². The lowest BCUT2D eigenvalue weighted by Crippen LogP contribution is -2.17. The molecular formula is C22H18N2O3. The fourth-order valence-electron chi connectivity index (χ4n) is 3.10. The molecule has 3 aromatic carbocycles. The molecule has 1 heterocycles. The molecule has 1 aromatic heterocycles. The molecule has 0 spiro atoms. The van der Waals surface area contributed by atoms with Crippen molar-refractivity contribution in [2.24, 2.45) is 0 Å². The van der Waals surface area contributed by atoms with Gasteiger partial charge >= 0.3 is 0 Å². The number of carbonyl (C=O) groups is 1. The van der Waals surface area contributed by atoms with Crippen LogP contribution >= 0.6 is 0 Å². The van der Waals surface area contributed by atoms with Gasteiger partial charge in [-0.1, -0.05) is 12.1 Å². The Morgan fingerprint density at radius 2 is 1.78 bits per heavy atom. The minimum atomic E-state index is -0.108. The summed E-state index contributed by atoms with van der Waals surface area (Å²) in [6.07, 6.45) is 1.71. The van der Waals surface area contributed by atoms with Gasteiger partial charge in [0.25, 0.3) is 5.91 Å². The van der Waals surface area contributed by atoms with E-state index in [2.05, 4.69) is 10.3 Å². The summed E-state index contributed by atoms with van der Waals surface area (Å²) in [4.78, 5) is 16.4. The van der Waals surface area contributed by atoms with Crippen molar-refractivity contribution in [1.29, 1.82) is 0 Å². The molecule has 0 saturated heterocycles. The fraction of sp³-hybridized carbons (Fsp3) is 0.0909. The van der Waals surface area contributed by atoms with Crippen molar-refractivity contribution in [3.05, 3.63) is 72.4 Å². The number of methoxy groups -OCH3 is 1. The second-order valence-corrected chi connectivity index (χ2v) is 6.06. The van der Waals surface area contributed by atoms with Crippen LogP contribution in [0.15, 0.2) is 66.9 Å². The summed E-state index contributed by atoms with van der Waals surface area (Å²) in [5.74, 6) is 2.05. The third-order valence-corrected chi connectivity index (χ3v) is 4.46. The number of nitrogens with zero attached hydrogens (tertiary/aromatic N) is 1. The number of hydrogen-bond acceptors (Lipinski definition) is 4. The fourth-order valence-corrected chi connectivity index (χ4v) is 3.10. The van der Waals surface area contributed by atoms with Gasteiger partial charge in [-0.15, -0.1) is 0 Å². The number of pyridine rings is 1. The standard InChI is InChI=1S/C22H18N2O3/c1-23-22(25)18-5-3-4-14-12-16(7-8-17(14)18)27-21-10-11-24-20-13-15(26-2)6-9-19(20)21/h3-13H,1-2H3,(H,23,25). The Morgan fingerprint density at radius 3 is 2.59 bits per heavy atom. The average molecular weight is 358 g/mol. The average Bonchev–Trinajstić information content (AvgIpc) is 2.72. The first-order valence-electron chi connectivity index (χ1n) is 8.55. The van der Waals surface area contributed by atoms with Gasteiger partial charge in [0, 0.05) is 30.3 Å². The molecule has 27 heavy (non-hydrogen) atoms. The summed E-state index contributed by atoms with van der Waals surface area (Å²) >= 11 is 0. The molecule has 0 radical (unpaired) electrons. The molecule has 4 rings (SSSR count). The van der Waals surface area contributed by atoms with Crippen molar-refractivity contribution in [3.63, 3.8) is 0 Å². The summed E-state index contributed by atoms with van der Waals surface area (Å²) in [5.41, 5.74) is 1.44. The minimum Gasteiger partial charge on any atom is -0.497 e. The summed E-state index contributed by atoms with van der Waals surface area (Å²) in [6.45, 7) is 0. The van der Waals surface area contributed by atoms with E-state index in [1.165, 1.54) is 0 Å². The summed E-state index contributed by atoms with van der Waals surface area (Å²) in [6, 6.07) is 18.9. The van der Waals surface area contributed by atoms with Gasteiger partial charge in [-0.25, -0.2) is 0 Å². The van der Waals surface area contributed by atoms with Crippen molar-refractivity contribution in [2.75, 3.05) is 14.2 Å². The number of hydrogen-bond donors (Lipinski definition) is 1. The molecule has 5 heteroatoms. The lowest BCUT2D eigenvalue weighted by molar-refractivity contribution is 0.0964. The first-order chi connectivity index (χ1) is 13.2. The Morgan fingerprint density at radius 1 is 0.963 bits per heavy atom. The molecule has 0 aliphatic rings. The first kappa shape index (κ1) is 16.8. The van der Waals surface area contributed by atoms with E-state index in [-0.39, 0.29) is 5.91 Å². The van der Waals surface area contributed by atoms with E-state index in [4.69, 9.17) is 9.47 Å². The van der Waals surface area contributed by atoms with E-state index in [0.717, 1.165) is 27.4 Å². The Balaban J connectivity index is 1.74. The molecule has 4 aromatic rings. The van der Waals surface area contributed by atoms with Crippen molar-refractivity contribution < 1.29 is 14.3 Å². The number of ether oxygens (including phenoxy) is 2. The maximum atomic E-state index is 12.0. The van der Waals surface area contributed by atoms with Crippen LogP contribution in [0.5, 0.6) is 17.2 Å². The zero-order chi connectivity index (χ0) is 18.8. The highest BCUT2D eigenvalue weighted by atomic mass is 16.5. The van der Waals surface area contributed by atoms with E-state index in [1.807, 2.05) is 60.7 Å². The Kier molecular flexibility index (Phi) is 4.34. The second kappa shape index (κ2) is 6.96. The van der Waals surface area contributed by atoms with Gasteiger partial charge in [-0.3, -0.25) is 9.78 Å². The molecular weight excluding hydrogens is 340 g/mol. The van der Waals surface area contributed by atoms with E-state index < -0.39 is 0 Å². The molecule has 0 unspecified atom stereocenters. The van der Waals surface area contributed by atoms with Crippen LogP contribution in [0.25, 0.3) is 21.7 Å². The minimum absolute atomic E-state index is 0.108. The molecule has 5 nitrogen and oxygen atoms in total. The molecule has 0 aliphatic heterocycles. The van der Waals surface area contributed by atoms with Crippen LogP contribution in [0.2, 0.25) is 0 Å². The van der Waals surface area contributed by atoms with Crippen molar-refractivity contribution >= 4 is 27.6 Å².